The molecule has 1 rings (SSSR count). The minimum atomic E-state index is -0.237. The summed E-state index contributed by atoms with van der Waals surface area (Å²) >= 11 is 0. The van der Waals surface area contributed by atoms with E-state index in [4.69, 9.17) is 4.74 Å². The second kappa shape index (κ2) is 8.09. The molecule has 3 heteroatoms. The number of ether oxygens (including phenoxy) is 1. The third-order valence-electron chi connectivity index (χ3n) is 2.79. The van der Waals surface area contributed by atoms with Gasteiger partial charge in [-0.1, -0.05) is 26.0 Å². The fourth-order valence-corrected chi connectivity index (χ4v) is 1.71. The molecule has 2 nitrogen and oxygen atoms in total. The largest absolute Gasteiger partial charge is 0.491 e. The summed E-state index contributed by atoms with van der Waals surface area (Å²) in [7, 11) is 0. The Labute approximate surface area is 110 Å². The van der Waals surface area contributed by atoms with Crippen LogP contribution in [0.5, 0.6) is 5.75 Å². The van der Waals surface area contributed by atoms with Gasteiger partial charge in [-0.2, -0.15) is 0 Å². The number of unbranched alkanes of at least 4 members (excludes halogenated alkanes) is 2. The molecular weight excluding hydrogens is 229 g/mol. The highest BCUT2D eigenvalue weighted by atomic mass is 19.1. The number of hydrogen-bond donors (Lipinski definition) is 1. The fraction of sp³-hybridized carbons (Fsp3) is 0.600. The van der Waals surface area contributed by atoms with Crippen molar-refractivity contribution in [3.63, 3.8) is 0 Å². The van der Waals surface area contributed by atoms with E-state index in [0.717, 1.165) is 25.8 Å². The molecule has 0 amide bonds. The highest BCUT2D eigenvalue weighted by molar-refractivity contribution is 5.29. The first kappa shape index (κ1) is 15.0. The molecule has 102 valence electrons. The summed E-state index contributed by atoms with van der Waals surface area (Å²) < 4.78 is 19.0. The van der Waals surface area contributed by atoms with E-state index in [1.165, 1.54) is 0 Å². The van der Waals surface area contributed by atoms with Gasteiger partial charge in [0.15, 0.2) is 11.6 Å². The summed E-state index contributed by atoms with van der Waals surface area (Å²) in [5, 5.41) is 3.37. The lowest BCUT2D eigenvalue weighted by Crippen LogP contribution is -2.23. The van der Waals surface area contributed by atoms with Crippen LogP contribution in [0.1, 0.15) is 38.7 Å². The molecule has 0 unspecified atom stereocenters. The van der Waals surface area contributed by atoms with Crippen LogP contribution in [0.25, 0.3) is 0 Å². The summed E-state index contributed by atoms with van der Waals surface area (Å²) in [4.78, 5) is 0. The topological polar surface area (TPSA) is 21.3 Å². The minimum Gasteiger partial charge on any atom is -0.491 e. The zero-order valence-electron chi connectivity index (χ0n) is 11.6. The Morgan fingerprint density at radius 1 is 1.22 bits per heavy atom. The van der Waals surface area contributed by atoms with Gasteiger partial charge in [0.25, 0.3) is 0 Å². The number of aryl methyl sites for hydroxylation is 1. The van der Waals surface area contributed by atoms with E-state index in [2.05, 4.69) is 19.2 Å². The van der Waals surface area contributed by atoms with Crippen molar-refractivity contribution in [2.45, 2.75) is 46.1 Å². The lowest BCUT2D eigenvalue weighted by atomic mass is 10.2. The number of rotatable bonds is 8. The van der Waals surface area contributed by atoms with Crippen molar-refractivity contribution in [2.75, 3.05) is 13.2 Å². The van der Waals surface area contributed by atoms with Crippen molar-refractivity contribution in [2.24, 2.45) is 0 Å². The van der Waals surface area contributed by atoms with Crippen LogP contribution in [-0.4, -0.2) is 19.2 Å². The average Bonchev–Trinajstić information content (AvgIpc) is 2.32. The number of hydrogen-bond acceptors (Lipinski definition) is 2. The van der Waals surface area contributed by atoms with E-state index in [-0.39, 0.29) is 5.82 Å². The van der Waals surface area contributed by atoms with E-state index in [9.17, 15) is 4.39 Å². The predicted octanol–water partition coefficient (Wildman–Crippen LogP) is 3.68. The molecule has 1 N–H and O–H groups in total. The van der Waals surface area contributed by atoms with Gasteiger partial charge >= 0.3 is 0 Å². The van der Waals surface area contributed by atoms with Crippen LogP contribution in [0.15, 0.2) is 18.2 Å². The minimum absolute atomic E-state index is 0.237. The Morgan fingerprint density at radius 2 is 2.00 bits per heavy atom. The van der Waals surface area contributed by atoms with Crippen molar-refractivity contribution < 1.29 is 9.13 Å². The summed E-state index contributed by atoms with van der Waals surface area (Å²) in [6, 6.07) is 5.80. The Kier molecular flexibility index (Phi) is 6.73. The lowest BCUT2D eigenvalue weighted by molar-refractivity contribution is 0.289. The second-order valence-electron chi connectivity index (χ2n) is 4.90. The summed E-state index contributed by atoms with van der Waals surface area (Å²) in [6.07, 6.45) is 3.21. The maximum Gasteiger partial charge on any atom is 0.167 e. The van der Waals surface area contributed by atoms with Crippen molar-refractivity contribution >= 4 is 0 Å². The van der Waals surface area contributed by atoms with E-state index >= 15 is 0 Å². The fourth-order valence-electron chi connectivity index (χ4n) is 1.71. The Balaban J connectivity index is 2.13. The summed E-state index contributed by atoms with van der Waals surface area (Å²) in [5.41, 5.74) is 0.633. The Hall–Kier alpha value is -1.09. The number of benzene rings is 1. The van der Waals surface area contributed by atoms with E-state index in [1.807, 2.05) is 6.07 Å². The van der Waals surface area contributed by atoms with Gasteiger partial charge in [0.05, 0.1) is 6.61 Å². The third-order valence-corrected chi connectivity index (χ3v) is 2.79. The van der Waals surface area contributed by atoms with Crippen molar-refractivity contribution in [1.82, 2.24) is 5.32 Å². The van der Waals surface area contributed by atoms with E-state index in [1.54, 1.807) is 19.1 Å². The molecule has 0 fully saturated rings. The van der Waals surface area contributed by atoms with Crippen LogP contribution in [0.2, 0.25) is 0 Å². The smallest absolute Gasteiger partial charge is 0.167 e. The van der Waals surface area contributed by atoms with Crippen LogP contribution >= 0.6 is 0 Å². The SMILES string of the molecule is Cc1cccc(OCCCCCNC(C)C)c1F. The third kappa shape index (κ3) is 5.50. The highest BCUT2D eigenvalue weighted by Crippen LogP contribution is 2.19. The molecule has 0 bridgehead atoms. The van der Waals surface area contributed by atoms with Gasteiger partial charge in [-0.3, -0.25) is 0 Å². The molecule has 0 saturated heterocycles. The van der Waals surface area contributed by atoms with Gasteiger partial charge in [-0.15, -0.1) is 0 Å². The highest BCUT2D eigenvalue weighted by Gasteiger charge is 2.04. The van der Waals surface area contributed by atoms with Crippen molar-refractivity contribution in [3.05, 3.63) is 29.6 Å². The molecule has 0 spiro atoms. The monoisotopic (exact) mass is 253 g/mol. The molecule has 0 aliphatic carbocycles. The van der Waals surface area contributed by atoms with Gasteiger partial charge < -0.3 is 10.1 Å². The van der Waals surface area contributed by atoms with Crippen LogP contribution in [0, 0.1) is 12.7 Å². The van der Waals surface area contributed by atoms with E-state index in [0.29, 0.717) is 24.0 Å². The maximum atomic E-state index is 13.6. The Bertz CT molecular complexity index is 352. The van der Waals surface area contributed by atoms with Gasteiger partial charge in [-0.25, -0.2) is 4.39 Å². The zero-order chi connectivity index (χ0) is 13.4. The molecule has 0 aliphatic heterocycles. The maximum absolute atomic E-state index is 13.6. The van der Waals surface area contributed by atoms with E-state index < -0.39 is 0 Å². The molecular formula is C15H24FNO. The first-order chi connectivity index (χ1) is 8.61. The molecule has 0 saturated carbocycles. The zero-order valence-corrected chi connectivity index (χ0v) is 11.6. The molecule has 0 aromatic heterocycles. The van der Waals surface area contributed by atoms with Gasteiger partial charge in [0.2, 0.25) is 0 Å². The Morgan fingerprint density at radius 3 is 2.72 bits per heavy atom. The van der Waals surface area contributed by atoms with Crippen molar-refractivity contribution in [1.29, 1.82) is 0 Å². The molecule has 0 heterocycles. The summed E-state index contributed by atoms with van der Waals surface area (Å²) in [6.45, 7) is 7.66. The van der Waals surface area contributed by atoms with Crippen LogP contribution in [-0.2, 0) is 0 Å². The van der Waals surface area contributed by atoms with Crippen LogP contribution < -0.4 is 10.1 Å². The summed E-state index contributed by atoms with van der Waals surface area (Å²) in [5.74, 6) is 0.134. The molecule has 1 aromatic carbocycles. The average molecular weight is 253 g/mol. The van der Waals surface area contributed by atoms with Crippen LogP contribution in [0.3, 0.4) is 0 Å². The number of nitrogens with one attached hydrogen (secondary N) is 1. The second-order valence-corrected chi connectivity index (χ2v) is 4.90. The number of halogens is 1. The first-order valence-corrected chi connectivity index (χ1v) is 6.72. The van der Waals surface area contributed by atoms with Gasteiger partial charge in [0, 0.05) is 6.04 Å². The van der Waals surface area contributed by atoms with Crippen molar-refractivity contribution in [3.8, 4) is 5.75 Å². The molecule has 0 radical (unpaired) electrons. The van der Waals surface area contributed by atoms with Crippen LogP contribution in [0.4, 0.5) is 4.39 Å². The van der Waals surface area contributed by atoms with Gasteiger partial charge in [-0.05, 0) is 44.4 Å². The van der Waals surface area contributed by atoms with Gasteiger partial charge in [0.1, 0.15) is 0 Å². The molecule has 0 aliphatic rings. The normalized spacial score (nSPS) is 10.9. The molecule has 18 heavy (non-hydrogen) atoms. The predicted molar refractivity (Wildman–Crippen MR) is 73.6 cm³/mol. The standard InChI is InChI=1S/C15H24FNO/c1-12(2)17-10-5-4-6-11-18-14-9-7-8-13(3)15(14)16/h7-9,12,17H,4-6,10-11H2,1-3H3. The lowest BCUT2D eigenvalue weighted by Gasteiger charge is -2.09. The molecule has 0 atom stereocenters. The molecule has 1 aromatic rings. The first-order valence-electron chi connectivity index (χ1n) is 6.72. The quantitative estimate of drug-likeness (QED) is 0.714.